The molecule has 14 rings (SSSR count). The number of nitrogens with zero attached hydrogens (tertiary/aromatic N) is 2. The third-order valence-electron chi connectivity index (χ3n) is 21.6. The highest BCUT2D eigenvalue weighted by molar-refractivity contribution is 5.93. The van der Waals surface area contributed by atoms with Crippen molar-refractivity contribution in [2.45, 2.75) is 101 Å². The summed E-state index contributed by atoms with van der Waals surface area (Å²) in [6.07, 6.45) is -3.36. The fraction of sp³-hybridized carbons (Fsp3) is 0.280. The number of aliphatic hydroxyl groups is 2. The van der Waals surface area contributed by atoms with Crippen molar-refractivity contribution in [2.75, 3.05) is 68.0 Å². The lowest BCUT2D eigenvalue weighted by atomic mass is 9.96. The van der Waals surface area contributed by atoms with E-state index in [9.17, 15) is 43.8 Å². The van der Waals surface area contributed by atoms with Crippen LogP contribution < -0.4 is 55.0 Å². The topological polar surface area (TPSA) is 300 Å². The van der Waals surface area contributed by atoms with E-state index in [2.05, 4.69) is 38.7 Å². The van der Waals surface area contributed by atoms with Crippen LogP contribution in [0.1, 0.15) is 110 Å². The number of aryl methyl sites for hydroxylation is 2. The van der Waals surface area contributed by atoms with Crippen molar-refractivity contribution in [1.82, 2.24) is 36.4 Å². The number of alkyl carbamates (subject to hydrolysis) is 1. The largest absolute Gasteiger partial charge is 0.497 e. The van der Waals surface area contributed by atoms with Gasteiger partial charge in [-0.3, -0.25) is 28.9 Å². The molecule has 24 nitrogen and oxygen atoms in total. The van der Waals surface area contributed by atoms with Crippen LogP contribution in [0.15, 0.2) is 231 Å². The van der Waals surface area contributed by atoms with Crippen molar-refractivity contribution < 1.29 is 81.7 Å². The maximum Gasteiger partial charge on any atom is 0.410 e. The number of aliphatic hydroxyl groups excluding tert-OH is 2. The van der Waals surface area contributed by atoms with Gasteiger partial charge >= 0.3 is 12.2 Å². The average molecular weight is 1580 g/mol. The number of carbonyl (C=O) groups is 7. The van der Waals surface area contributed by atoms with Gasteiger partial charge in [-0.15, -0.1) is 0 Å². The van der Waals surface area contributed by atoms with Gasteiger partial charge in [0.1, 0.15) is 65.8 Å². The highest BCUT2D eigenvalue weighted by atomic mass is 16.6. The second kappa shape index (κ2) is 37.8. The van der Waals surface area contributed by atoms with Crippen LogP contribution in [0.2, 0.25) is 0 Å². The van der Waals surface area contributed by atoms with Crippen molar-refractivity contribution in [3.8, 4) is 56.8 Å². The number of ether oxygens (including phenoxy) is 8. The quantitative estimate of drug-likeness (QED) is 0.0240. The van der Waals surface area contributed by atoms with Crippen molar-refractivity contribution in [3.05, 3.63) is 297 Å². The van der Waals surface area contributed by atoms with E-state index in [4.69, 9.17) is 37.9 Å². The van der Waals surface area contributed by atoms with Crippen LogP contribution in [0.3, 0.4) is 0 Å². The molecule has 0 saturated carbocycles. The Hall–Kier alpha value is -13.2. The van der Waals surface area contributed by atoms with Gasteiger partial charge < -0.3 is 79.6 Å². The molecule has 24 heteroatoms. The van der Waals surface area contributed by atoms with Gasteiger partial charge in [-0.1, -0.05) is 181 Å². The minimum absolute atomic E-state index is 0.0708. The third kappa shape index (κ3) is 19.3. The number of likely N-dealkylation sites (tertiary alicyclic amines) is 2. The molecule has 10 aromatic rings. The summed E-state index contributed by atoms with van der Waals surface area (Å²) in [7, 11) is 6.11. The maximum atomic E-state index is 14.3. The molecule has 7 atom stereocenters. The van der Waals surface area contributed by atoms with Crippen LogP contribution in [0.5, 0.6) is 34.5 Å². The van der Waals surface area contributed by atoms with Gasteiger partial charge in [-0.25, -0.2) is 9.59 Å². The van der Waals surface area contributed by atoms with Crippen molar-refractivity contribution >= 4 is 41.7 Å². The van der Waals surface area contributed by atoms with Crippen LogP contribution in [-0.4, -0.2) is 160 Å². The zero-order chi connectivity index (χ0) is 82.2. The first-order chi connectivity index (χ1) is 56.8. The molecule has 0 aromatic heterocycles. The average Bonchev–Trinajstić information content (AvgIpc) is 1.62. The molecule has 0 bridgehead atoms. The fourth-order valence-corrected chi connectivity index (χ4v) is 15.4. The summed E-state index contributed by atoms with van der Waals surface area (Å²) in [4.78, 5) is 96.8. The second-order valence-electron chi connectivity index (χ2n) is 29.2. The third-order valence-corrected chi connectivity index (χ3v) is 21.6. The SMILES string of the molecule is COc1ccc(C(NC(=O)[C@@H]2[C@@H](O)CCN2C(=O)OCC2c3ccccc3-c3ccccc32)c2ccc(OCC(=O)NCc3ccc(C)cc3)cc2)c(OC)c1.COc1ccc(C(NC(=O)[C@@H]2[C@@H](O)CCN2C(=O)[C@H](C)NC(=O)OCC2c3ccccc3-c3ccccc32)c2ccc(OCC(=O)NCc3ccc(C)cc3)cc2)c(OC)c1. The Morgan fingerprint density at radius 1 is 0.427 bits per heavy atom. The molecule has 2 aliphatic heterocycles. The lowest BCUT2D eigenvalue weighted by Gasteiger charge is -2.30. The summed E-state index contributed by atoms with van der Waals surface area (Å²) >= 11 is 0. The number of hydrogen-bond acceptors (Lipinski definition) is 17. The Labute approximate surface area is 679 Å². The predicted molar refractivity (Wildman–Crippen MR) is 439 cm³/mol. The van der Waals surface area contributed by atoms with Gasteiger partial charge in [-0.05, 0) is 149 Å². The van der Waals surface area contributed by atoms with Crippen LogP contribution in [0, 0.1) is 13.8 Å². The molecule has 2 aliphatic carbocycles. The first-order valence-electron chi connectivity index (χ1n) is 38.8. The summed E-state index contributed by atoms with van der Waals surface area (Å²) in [5.41, 5.74) is 15.4. The molecule has 0 spiro atoms. The Morgan fingerprint density at radius 2 is 0.795 bits per heavy atom. The number of nitrogens with one attached hydrogen (secondary N) is 5. The van der Waals surface area contributed by atoms with Crippen molar-refractivity contribution in [3.63, 3.8) is 0 Å². The lowest BCUT2D eigenvalue weighted by Crippen LogP contribution is -2.55. The number of methoxy groups -OCH3 is 4. The van der Waals surface area contributed by atoms with Gasteiger partial charge in [0.05, 0.1) is 52.7 Å². The Morgan fingerprint density at radius 3 is 1.19 bits per heavy atom. The standard InChI is InChI=1S/C48H50N4O9.C45H45N3O8/c1-29-13-15-31(16-14-29)26-49-43(54)28-60-33-19-17-32(18-20-33)44(39-22-21-34(58-3)25-42(39)59-4)51-46(55)45-41(53)23-24-52(45)47(56)30(2)50-48(57)61-27-40-37-11-7-5-9-35(37)36-10-6-8-12-38(36)40;1-28-12-14-29(15-13-28)25-46-41(50)27-55-31-18-16-30(17-19-31)42(37-21-20-32(53-2)24-40(37)54-3)47-44(51)43-39(49)22-23-48(43)45(52)56-26-38-35-10-6-4-8-33(35)34-9-5-7-11-36(34)38/h5-22,25,30,40-41,44-45,53H,23-24,26-28H2,1-4H3,(H,49,54)(H,50,57)(H,51,55);4-21,24,38-39,42-43,49H,22-23,25-27H2,1-3H3,(H,46,50)(H,47,51)/t30-,41-,44?,45-;39-,42?,43-/m00/s1. The van der Waals surface area contributed by atoms with E-state index in [-0.39, 0.29) is 76.0 Å². The van der Waals surface area contributed by atoms with Crippen LogP contribution in [0.25, 0.3) is 22.3 Å². The molecule has 117 heavy (non-hydrogen) atoms. The van der Waals surface area contributed by atoms with Crippen molar-refractivity contribution in [1.29, 1.82) is 0 Å². The smallest absolute Gasteiger partial charge is 0.410 e. The van der Waals surface area contributed by atoms with E-state index in [1.165, 1.54) is 38.1 Å². The van der Waals surface area contributed by atoms with E-state index in [1.54, 1.807) is 92.0 Å². The number of benzene rings is 10. The van der Waals surface area contributed by atoms with Gasteiger partial charge in [0.25, 0.3) is 11.8 Å². The molecular formula is C93H95N7O17. The molecule has 10 aromatic carbocycles. The van der Waals surface area contributed by atoms with E-state index >= 15 is 0 Å². The summed E-state index contributed by atoms with van der Waals surface area (Å²) in [5.74, 6) is 0.297. The summed E-state index contributed by atoms with van der Waals surface area (Å²) in [6.45, 7) is 6.32. The molecule has 4 aliphatic rings. The predicted octanol–water partition coefficient (Wildman–Crippen LogP) is 12.1. The molecule has 604 valence electrons. The zero-order valence-electron chi connectivity index (χ0n) is 66.1. The van der Waals surface area contributed by atoms with E-state index in [0.717, 1.165) is 66.8 Å². The number of rotatable bonds is 28. The molecule has 7 N–H and O–H groups in total. The summed E-state index contributed by atoms with van der Waals surface area (Å²) in [5, 5.41) is 36.7. The maximum absolute atomic E-state index is 14.3. The Balaban J connectivity index is 0.000000204. The Bertz CT molecular complexity index is 5110. The molecule has 0 radical (unpaired) electrons. The minimum Gasteiger partial charge on any atom is -0.497 e. The first-order valence-corrected chi connectivity index (χ1v) is 38.8. The normalized spacial score (nSPS) is 16.4. The monoisotopic (exact) mass is 1580 g/mol. The molecule has 2 unspecified atom stereocenters. The number of fused-ring (bicyclic) bond motifs is 6. The molecule has 2 fully saturated rings. The highest BCUT2D eigenvalue weighted by Gasteiger charge is 2.46. The van der Waals surface area contributed by atoms with Gasteiger partial charge in [0, 0.05) is 61.3 Å². The van der Waals surface area contributed by atoms with E-state index in [1.807, 2.05) is 147 Å². The zero-order valence-corrected chi connectivity index (χ0v) is 66.1. The summed E-state index contributed by atoms with van der Waals surface area (Å²) in [6, 6.07) is 67.2. The minimum atomic E-state index is -1.26. The lowest BCUT2D eigenvalue weighted by molar-refractivity contribution is -0.141. The van der Waals surface area contributed by atoms with Gasteiger partial charge in [0.15, 0.2) is 13.2 Å². The van der Waals surface area contributed by atoms with Crippen LogP contribution in [-0.2, 0) is 46.5 Å². The van der Waals surface area contributed by atoms with Gasteiger partial charge in [0.2, 0.25) is 17.7 Å². The first kappa shape index (κ1) is 81.8. The number of hydrogen-bond donors (Lipinski definition) is 7. The van der Waals surface area contributed by atoms with E-state index in [0.29, 0.717) is 69.8 Å². The molecule has 2 saturated heterocycles. The molecule has 7 amide bonds. The molecule has 2 heterocycles. The number of amides is 7. The van der Waals surface area contributed by atoms with Crippen LogP contribution >= 0.6 is 0 Å². The van der Waals surface area contributed by atoms with Gasteiger partial charge in [-0.2, -0.15) is 0 Å². The van der Waals surface area contributed by atoms with Crippen LogP contribution in [0.4, 0.5) is 9.59 Å². The summed E-state index contributed by atoms with van der Waals surface area (Å²) < 4.78 is 45.4. The number of carbonyl (C=O) groups excluding carboxylic acids is 7. The Kier molecular flexibility index (Phi) is 26.5. The molecular weight excluding hydrogens is 1490 g/mol. The van der Waals surface area contributed by atoms with Crippen molar-refractivity contribution in [2.24, 2.45) is 0 Å². The van der Waals surface area contributed by atoms with E-state index < -0.39 is 72.3 Å². The fourth-order valence-electron chi connectivity index (χ4n) is 15.4. The highest BCUT2D eigenvalue weighted by Crippen LogP contribution is 2.47. The second-order valence-corrected chi connectivity index (χ2v) is 29.2.